The molecule has 0 unspecified atom stereocenters. The van der Waals surface area contributed by atoms with E-state index in [1.807, 2.05) is 0 Å². The Morgan fingerprint density at radius 2 is 2.05 bits per heavy atom. The summed E-state index contributed by atoms with van der Waals surface area (Å²) in [5.74, 6) is 0. The van der Waals surface area contributed by atoms with Gasteiger partial charge >= 0.3 is 6.18 Å². The van der Waals surface area contributed by atoms with E-state index in [0.29, 0.717) is 10.7 Å². The van der Waals surface area contributed by atoms with Crippen LogP contribution in [0.4, 0.5) is 13.2 Å². The third-order valence-corrected chi connectivity index (χ3v) is 3.04. The van der Waals surface area contributed by atoms with Crippen LogP contribution in [0.2, 0.25) is 5.02 Å². The third-order valence-electron chi connectivity index (χ3n) is 2.67. The minimum atomic E-state index is -4.53. The van der Waals surface area contributed by atoms with Gasteiger partial charge in [0.2, 0.25) is 0 Å². The summed E-state index contributed by atoms with van der Waals surface area (Å²) < 4.78 is 39.8. The second-order valence-corrected chi connectivity index (χ2v) is 4.41. The Morgan fingerprint density at radius 1 is 1.37 bits per heavy atom. The van der Waals surface area contributed by atoms with E-state index < -0.39 is 18.3 Å². The fourth-order valence-electron chi connectivity index (χ4n) is 1.68. The van der Waals surface area contributed by atoms with Gasteiger partial charge in [0, 0.05) is 6.20 Å². The van der Waals surface area contributed by atoms with Crippen LogP contribution in [0.5, 0.6) is 0 Å². The summed E-state index contributed by atoms with van der Waals surface area (Å²) in [6.07, 6.45) is -3.09. The van der Waals surface area contributed by atoms with Crippen LogP contribution in [0, 0.1) is 6.92 Å². The Labute approximate surface area is 112 Å². The fourth-order valence-corrected chi connectivity index (χ4v) is 1.81. The molecule has 0 atom stereocenters. The second kappa shape index (κ2) is 4.86. The maximum Gasteiger partial charge on any atom is 0.416 e. The van der Waals surface area contributed by atoms with Crippen molar-refractivity contribution in [3.8, 4) is 5.69 Å². The first-order valence-electron chi connectivity index (χ1n) is 5.36. The van der Waals surface area contributed by atoms with Crippen LogP contribution >= 0.6 is 11.6 Å². The van der Waals surface area contributed by atoms with E-state index >= 15 is 0 Å². The van der Waals surface area contributed by atoms with Crippen molar-refractivity contribution in [2.75, 3.05) is 0 Å². The van der Waals surface area contributed by atoms with Gasteiger partial charge in [0.1, 0.15) is 0 Å². The molecule has 1 N–H and O–H groups in total. The highest BCUT2D eigenvalue weighted by molar-refractivity contribution is 6.31. The number of aromatic nitrogens is 2. The molecule has 2 rings (SSSR count). The number of benzene rings is 1. The SMILES string of the molecule is Cc1nn(-c2ccc(CO)c(C(F)(F)F)c2)cc1Cl. The zero-order valence-corrected chi connectivity index (χ0v) is 10.6. The highest BCUT2D eigenvalue weighted by atomic mass is 35.5. The third kappa shape index (κ3) is 2.74. The lowest BCUT2D eigenvalue weighted by Gasteiger charge is -2.13. The van der Waals surface area contributed by atoms with Crippen LogP contribution in [0.15, 0.2) is 24.4 Å². The second-order valence-electron chi connectivity index (χ2n) is 4.00. The molecule has 0 aliphatic carbocycles. The van der Waals surface area contributed by atoms with E-state index in [2.05, 4.69) is 5.10 Å². The first-order valence-corrected chi connectivity index (χ1v) is 5.74. The zero-order valence-electron chi connectivity index (χ0n) is 9.87. The molecule has 0 bridgehead atoms. The van der Waals surface area contributed by atoms with Crippen molar-refractivity contribution in [1.82, 2.24) is 9.78 Å². The number of hydrogen-bond acceptors (Lipinski definition) is 2. The van der Waals surface area contributed by atoms with E-state index in [1.165, 1.54) is 23.0 Å². The number of nitrogens with zero attached hydrogens (tertiary/aromatic N) is 2. The van der Waals surface area contributed by atoms with Crippen LogP contribution in [-0.2, 0) is 12.8 Å². The largest absolute Gasteiger partial charge is 0.416 e. The van der Waals surface area contributed by atoms with Crippen LogP contribution in [0.25, 0.3) is 5.69 Å². The number of hydrogen-bond donors (Lipinski definition) is 1. The Balaban J connectivity index is 2.55. The summed E-state index contributed by atoms with van der Waals surface area (Å²) in [6.45, 7) is 0.986. The molecule has 19 heavy (non-hydrogen) atoms. The molecule has 0 saturated heterocycles. The Hall–Kier alpha value is -1.53. The number of aryl methyl sites for hydroxylation is 1. The summed E-state index contributed by atoms with van der Waals surface area (Å²) in [6, 6.07) is 3.61. The molecule has 1 aromatic heterocycles. The molecule has 2 aromatic rings. The molecule has 1 aromatic carbocycles. The molecule has 0 fully saturated rings. The van der Waals surface area contributed by atoms with Crippen molar-refractivity contribution in [1.29, 1.82) is 0 Å². The van der Waals surface area contributed by atoms with E-state index in [0.717, 1.165) is 6.07 Å². The summed E-state index contributed by atoms with van der Waals surface area (Å²) in [7, 11) is 0. The van der Waals surface area contributed by atoms with Crippen molar-refractivity contribution in [2.45, 2.75) is 19.7 Å². The van der Waals surface area contributed by atoms with Gasteiger partial charge in [-0.25, -0.2) is 4.68 Å². The summed E-state index contributed by atoms with van der Waals surface area (Å²) in [5.41, 5.74) is -0.288. The molecule has 0 saturated carbocycles. The monoisotopic (exact) mass is 290 g/mol. The van der Waals surface area contributed by atoms with Gasteiger partial charge in [-0.1, -0.05) is 17.7 Å². The van der Waals surface area contributed by atoms with E-state index in [9.17, 15) is 13.2 Å². The fraction of sp³-hybridized carbons (Fsp3) is 0.250. The van der Waals surface area contributed by atoms with Gasteiger partial charge < -0.3 is 5.11 Å². The van der Waals surface area contributed by atoms with Crippen LogP contribution in [0.3, 0.4) is 0 Å². The molecule has 7 heteroatoms. The quantitative estimate of drug-likeness (QED) is 0.921. The number of alkyl halides is 3. The first kappa shape index (κ1) is 13.9. The lowest BCUT2D eigenvalue weighted by molar-refractivity contribution is -0.138. The summed E-state index contributed by atoms with van der Waals surface area (Å²) in [4.78, 5) is 0. The smallest absolute Gasteiger partial charge is 0.392 e. The van der Waals surface area contributed by atoms with Crippen LogP contribution < -0.4 is 0 Å². The summed E-state index contributed by atoms with van der Waals surface area (Å²) in [5, 5.41) is 13.3. The number of halogens is 4. The Morgan fingerprint density at radius 3 is 2.53 bits per heavy atom. The van der Waals surface area contributed by atoms with Crippen molar-refractivity contribution >= 4 is 11.6 Å². The average molecular weight is 291 g/mol. The lowest BCUT2D eigenvalue weighted by Crippen LogP contribution is -2.10. The molecule has 102 valence electrons. The van der Waals surface area contributed by atoms with Gasteiger partial charge in [-0.05, 0) is 24.6 Å². The highest BCUT2D eigenvalue weighted by Crippen LogP contribution is 2.33. The molecular formula is C12H10ClF3N2O. The number of rotatable bonds is 2. The molecule has 0 spiro atoms. The molecule has 0 amide bonds. The predicted molar refractivity (Wildman–Crippen MR) is 64.2 cm³/mol. The van der Waals surface area contributed by atoms with E-state index in [1.54, 1.807) is 6.92 Å². The zero-order chi connectivity index (χ0) is 14.2. The predicted octanol–water partition coefficient (Wildman–Crippen LogP) is 3.35. The maximum absolute atomic E-state index is 12.8. The number of aliphatic hydroxyl groups excluding tert-OH is 1. The standard InChI is InChI=1S/C12H10ClF3N2O/c1-7-11(13)5-18(17-7)9-3-2-8(6-19)10(4-9)12(14,15)16/h2-5,19H,6H2,1H3. The van der Waals surface area contributed by atoms with Crippen LogP contribution in [-0.4, -0.2) is 14.9 Å². The normalized spacial score (nSPS) is 11.9. The minimum absolute atomic E-state index is 0.175. The summed E-state index contributed by atoms with van der Waals surface area (Å²) >= 11 is 5.82. The van der Waals surface area contributed by atoms with Crippen LogP contribution in [0.1, 0.15) is 16.8 Å². The van der Waals surface area contributed by atoms with Crippen molar-refractivity contribution < 1.29 is 18.3 Å². The lowest BCUT2D eigenvalue weighted by atomic mass is 10.1. The van der Waals surface area contributed by atoms with Crippen molar-refractivity contribution in [3.63, 3.8) is 0 Å². The molecule has 3 nitrogen and oxygen atoms in total. The minimum Gasteiger partial charge on any atom is -0.392 e. The Bertz CT molecular complexity index is 588. The number of aliphatic hydroxyl groups is 1. The maximum atomic E-state index is 12.8. The van der Waals surface area contributed by atoms with E-state index in [4.69, 9.17) is 16.7 Å². The van der Waals surface area contributed by atoms with E-state index in [-0.39, 0.29) is 11.3 Å². The molecule has 0 aliphatic heterocycles. The molecule has 0 radical (unpaired) electrons. The van der Waals surface area contributed by atoms with Gasteiger partial charge in [-0.15, -0.1) is 0 Å². The van der Waals surface area contributed by atoms with Gasteiger partial charge in [0.05, 0.1) is 28.6 Å². The van der Waals surface area contributed by atoms with Gasteiger partial charge in [0.15, 0.2) is 0 Å². The van der Waals surface area contributed by atoms with Gasteiger partial charge in [-0.2, -0.15) is 18.3 Å². The van der Waals surface area contributed by atoms with Crippen molar-refractivity contribution in [2.24, 2.45) is 0 Å². The first-order chi connectivity index (χ1) is 8.82. The molecular weight excluding hydrogens is 281 g/mol. The van der Waals surface area contributed by atoms with Gasteiger partial charge in [0.25, 0.3) is 0 Å². The highest BCUT2D eigenvalue weighted by Gasteiger charge is 2.33. The Kier molecular flexibility index (Phi) is 3.56. The average Bonchev–Trinajstić information content (AvgIpc) is 2.68. The topological polar surface area (TPSA) is 38.0 Å². The molecule has 1 heterocycles. The molecule has 0 aliphatic rings. The van der Waals surface area contributed by atoms with Crippen molar-refractivity contribution in [3.05, 3.63) is 46.2 Å². The van der Waals surface area contributed by atoms with Gasteiger partial charge in [-0.3, -0.25) is 0 Å².